The summed E-state index contributed by atoms with van der Waals surface area (Å²) >= 11 is 0. The Morgan fingerprint density at radius 2 is 1.06 bits per heavy atom. The third-order valence-corrected chi connectivity index (χ3v) is 7.88. The molecule has 0 aromatic rings. The number of aliphatic carboxylic acids is 1. The molecule has 1 N–H and O–H groups in total. The van der Waals surface area contributed by atoms with Crippen molar-refractivity contribution in [1.29, 1.82) is 0 Å². The van der Waals surface area contributed by atoms with Gasteiger partial charge in [0.1, 0.15) is 6.10 Å². The summed E-state index contributed by atoms with van der Waals surface area (Å²) in [6.07, 6.45) is 25.3. The van der Waals surface area contributed by atoms with Gasteiger partial charge in [-0.25, -0.2) is 0 Å². The summed E-state index contributed by atoms with van der Waals surface area (Å²) in [4.78, 5) is 24.0. The molecule has 1 rings (SSSR count). The van der Waals surface area contributed by atoms with E-state index in [9.17, 15) is 14.7 Å². The Hall–Kier alpha value is -1.06. The molecular weight excluding hydrogens is 436 g/mol. The summed E-state index contributed by atoms with van der Waals surface area (Å²) in [5, 5.41) is 9.22. The zero-order chi connectivity index (χ0) is 25.7. The first-order valence-electron chi connectivity index (χ1n) is 15.4. The van der Waals surface area contributed by atoms with Crippen molar-refractivity contribution in [3.8, 4) is 0 Å². The molecule has 0 bridgehead atoms. The smallest absolute Gasteiger partial charge is 0.309 e. The highest BCUT2D eigenvalue weighted by atomic mass is 16.5. The Labute approximate surface area is 217 Å². The molecule has 1 saturated carbocycles. The molecule has 4 heteroatoms. The van der Waals surface area contributed by atoms with E-state index in [1.54, 1.807) is 0 Å². The SMILES string of the molecule is CCCCCCCCCCC(CCCCCCCCCC(C)C)OC(=O)C1CCC(C(=O)O)CC1. The first kappa shape index (κ1) is 32.0. The molecule has 0 aromatic carbocycles. The van der Waals surface area contributed by atoms with E-state index in [-0.39, 0.29) is 23.9 Å². The molecule has 206 valence electrons. The minimum atomic E-state index is -0.718. The lowest BCUT2D eigenvalue weighted by Crippen LogP contribution is -2.29. The average Bonchev–Trinajstić information content (AvgIpc) is 2.84. The Kier molecular flexibility index (Phi) is 19.2. The Morgan fingerprint density at radius 1 is 0.657 bits per heavy atom. The average molecular weight is 495 g/mol. The van der Waals surface area contributed by atoms with E-state index in [1.165, 1.54) is 89.9 Å². The summed E-state index contributed by atoms with van der Waals surface area (Å²) < 4.78 is 6.04. The highest BCUT2D eigenvalue weighted by Crippen LogP contribution is 2.30. The van der Waals surface area contributed by atoms with Crippen LogP contribution >= 0.6 is 0 Å². The van der Waals surface area contributed by atoms with E-state index in [0.717, 1.165) is 31.6 Å². The van der Waals surface area contributed by atoms with Crippen molar-refractivity contribution in [3.05, 3.63) is 0 Å². The van der Waals surface area contributed by atoms with Gasteiger partial charge in [0, 0.05) is 0 Å². The lowest BCUT2D eigenvalue weighted by atomic mass is 9.82. The third kappa shape index (κ3) is 17.1. The van der Waals surface area contributed by atoms with Gasteiger partial charge < -0.3 is 9.84 Å². The molecule has 1 atom stereocenters. The van der Waals surface area contributed by atoms with Crippen LogP contribution in [0.15, 0.2) is 0 Å². The van der Waals surface area contributed by atoms with Crippen molar-refractivity contribution in [1.82, 2.24) is 0 Å². The van der Waals surface area contributed by atoms with Crippen molar-refractivity contribution in [2.24, 2.45) is 17.8 Å². The number of carbonyl (C=O) groups excluding carboxylic acids is 1. The van der Waals surface area contributed by atoms with Gasteiger partial charge >= 0.3 is 11.9 Å². The minimum absolute atomic E-state index is 0.0471. The monoisotopic (exact) mass is 494 g/mol. The largest absolute Gasteiger partial charge is 0.481 e. The fraction of sp³-hybridized carbons (Fsp3) is 0.935. The number of carbonyl (C=O) groups is 2. The zero-order valence-electron chi connectivity index (χ0n) is 23.5. The lowest BCUT2D eigenvalue weighted by molar-refractivity contribution is -0.158. The van der Waals surface area contributed by atoms with E-state index >= 15 is 0 Å². The van der Waals surface area contributed by atoms with E-state index in [0.29, 0.717) is 25.7 Å². The van der Waals surface area contributed by atoms with Gasteiger partial charge in [0.05, 0.1) is 11.8 Å². The summed E-state index contributed by atoms with van der Waals surface area (Å²) in [7, 11) is 0. The minimum Gasteiger partial charge on any atom is -0.481 e. The maximum absolute atomic E-state index is 12.8. The van der Waals surface area contributed by atoms with Gasteiger partial charge in [-0.15, -0.1) is 0 Å². The van der Waals surface area contributed by atoms with Crippen LogP contribution in [0.2, 0.25) is 0 Å². The highest BCUT2D eigenvalue weighted by Gasteiger charge is 2.31. The number of hydrogen-bond acceptors (Lipinski definition) is 3. The normalized spacial score (nSPS) is 19.1. The van der Waals surface area contributed by atoms with Crippen LogP contribution in [0.25, 0.3) is 0 Å². The molecule has 0 aliphatic heterocycles. The van der Waals surface area contributed by atoms with E-state index in [4.69, 9.17) is 4.74 Å². The molecule has 0 amide bonds. The summed E-state index contributed by atoms with van der Waals surface area (Å²) in [5.74, 6) is -0.342. The van der Waals surface area contributed by atoms with Crippen LogP contribution in [0.3, 0.4) is 0 Å². The molecule has 4 nitrogen and oxygen atoms in total. The molecule has 35 heavy (non-hydrogen) atoms. The molecular formula is C31H58O4. The predicted molar refractivity (Wildman–Crippen MR) is 147 cm³/mol. The summed E-state index contributed by atoms with van der Waals surface area (Å²) in [6, 6.07) is 0. The topological polar surface area (TPSA) is 63.6 Å². The number of rotatable bonds is 22. The quantitative estimate of drug-likeness (QED) is 0.120. The fourth-order valence-corrected chi connectivity index (χ4v) is 5.41. The number of unbranched alkanes of at least 4 members (excludes halogenated alkanes) is 13. The molecule has 1 fully saturated rings. The molecule has 1 aliphatic rings. The molecule has 0 aromatic heterocycles. The van der Waals surface area contributed by atoms with Crippen LogP contribution in [-0.4, -0.2) is 23.1 Å². The first-order valence-corrected chi connectivity index (χ1v) is 15.4. The van der Waals surface area contributed by atoms with Gasteiger partial charge in [-0.05, 0) is 57.3 Å². The Bertz CT molecular complexity index is 522. The van der Waals surface area contributed by atoms with Crippen LogP contribution in [-0.2, 0) is 14.3 Å². The highest BCUT2D eigenvalue weighted by molar-refractivity contribution is 5.74. The number of hydrogen-bond donors (Lipinski definition) is 1. The second-order valence-electron chi connectivity index (χ2n) is 11.7. The van der Waals surface area contributed by atoms with E-state index in [2.05, 4.69) is 20.8 Å². The van der Waals surface area contributed by atoms with Crippen molar-refractivity contribution >= 4 is 11.9 Å². The molecule has 0 heterocycles. The second kappa shape index (κ2) is 21.1. The van der Waals surface area contributed by atoms with Crippen molar-refractivity contribution in [3.63, 3.8) is 0 Å². The van der Waals surface area contributed by atoms with Crippen molar-refractivity contribution < 1.29 is 19.4 Å². The number of carboxylic acid groups (broad SMARTS) is 1. The standard InChI is InChI=1S/C31H58O4/c1-4-5-6-7-8-11-14-17-20-29(21-18-15-12-9-10-13-16-19-26(2)3)35-31(34)28-24-22-27(23-25-28)30(32)33/h26-29H,4-25H2,1-3H3,(H,32,33). The molecule has 0 saturated heterocycles. The summed E-state index contributed by atoms with van der Waals surface area (Å²) in [5.41, 5.74) is 0. The fourth-order valence-electron chi connectivity index (χ4n) is 5.41. The predicted octanol–water partition coefficient (Wildman–Crippen LogP) is 9.49. The maximum atomic E-state index is 12.8. The van der Waals surface area contributed by atoms with Crippen LogP contribution in [0.5, 0.6) is 0 Å². The van der Waals surface area contributed by atoms with Gasteiger partial charge in [-0.3, -0.25) is 9.59 Å². The maximum Gasteiger partial charge on any atom is 0.309 e. The lowest BCUT2D eigenvalue weighted by Gasteiger charge is -2.27. The van der Waals surface area contributed by atoms with Crippen LogP contribution in [0, 0.1) is 17.8 Å². The molecule has 1 aliphatic carbocycles. The first-order chi connectivity index (χ1) is 16.9. The van der Waals surface area contributed by atoms with Crippen molar-refractivity contribution in [2.75, 3.05) is 0 Å². The molecule has 0 spiro atoms. The van der Waals surface area contributed by atoms with Gasteiger partial charge in [0.25, 0.3) is 0 Å². The Balaban J connectivity index is 2.30. The van der Waals surface area contributed by atoms with Gasteiger partial charge in [0.2, 0.25) is 0 Å². The van der Waals surface area contributed by atoms with E-state index in [1.807, 2.05) is 0 Å². The van der Waals surface area contributed by atoms with E-state index < -0.39 is 5.97 Å². The van der Waals surface area contributed by atoms with Gasteiger partial charge in [0.15, 0.2) is 0 Å². The van der Waals surface area contributed by atoms with Crippen LogP contribution < -0.4 is 0 Å². The number of esters is 1. The summed E-state index contributed by atoms with van der Waals surface area (Å²) in [6.45, 7) is 6.86. The molecule has 0 radical (unpaired) electrons. The van der Waals surface area contributed by atoms with Gasteiger partial charge in [-0.2, -0.15) is 0 Å². The van der Waals surface area contributed by atoms with Crippen LogP contribution in [0.1, 0.15) is 162 Å². The van der Waals surface area contributed by atoms with Crippen molar-refractivity contribution in [2.45, 2.75) is 168 Å². The van der Waals surface area contributed by atoms with Gasteiger partial charge in [-0.1, -0.05) is 111 Å². The zero-order valence-corrected chi connectivity index (χ0v) is 23.5. The second-order valence-corrected chi connectivity index (χ2v) is 11.7. The number of carboxylic acids is 1. The van der Waals surface area contributed by atoms with Crippen LogP contribution in [0.4, 0.5) is 0 Å². The number of ether oxygens (including phenoxy) is 1. The third-order valence-electron chi connectivity index (χ3n) is 7.88. The molecule has 1 unspecified atom stereocenters. The Morgan fingerprint density at radius 3 is 1.49 bits per heavy atom.